The van der Waals surface area contributed by atoms with Crippen LogP contribution < -0.4 is 10.9 Å². The third-order valence-corrected chi connectivity index (χ3v) is 3.99. The molecule has 0 atom stereocenters. The van der Waals surface area contributed by atoms with Crippen LogP contribution in [0.3, 0.4) is 0 Å². The van der Waals surface area contributed by atoms with Gasteiger partial charge in [0.25, 0.3) is 5.56 Å². The van der Waals surface area contributed by atoms with Gasteiger partial charge in [-0.1, -0.05) is 0 Å². The van der Waals surface area contributed by atoms with Crippen molar-refractivity contribution in [3.63, 3.8) is 0 Å². The fraction of sp³-hybridized carbons (Fsp3) is 0.167. The van der Waals surface area contributed by atoms with Crippen molar-refractivity contribution in [2.45, 2.75) is 18.9 Å². The molecule has 0 saturated carbocycles. The number of nitrogens with zero attached hydrogens (tertiary/aromatic N) is 3. The molecule has 0 aliphatic carbocycles. The molecule has 0 radical (unpaired) electrons. The molecule has 3 aromatic rings. The molecule has 2 heterocycles. The summed E-state index contributed by atoms with van der Waals surface area (Å²) in [4.78, 5) is 24.3. The molecule has 1 amide bonds. The number of pyridine rings is 1. The first-order valence-electron chi connectivity index (χ1n) is 8.24. The van der Waals surface area contributed by atoms with Crippen molar-refractivity contribution < 1.29 is 31.1 Å². The smallest absolute Gasteiger partial charge is 0.323 e. The maximum Gasteiger partial charge on any atom is 0.421 e. The number of hydrogen-bond acceptors (Lipinski definition) is 3. The molecule has 0 fully saturated rings. The van der Waals surface area contributed by atoms with E-state index in [2.05, 4.69) is 10.4 Å². The highest BCUT2D eigenvalue weighted by atomic mass is 19.4. The van der Waals surface area contributed by atoms with Crippen LogP contribution >= 0.6 is 0 Å². The zero-order valence-corrected chi connectivity index (χ0v) is 14.8. The maximum atomic E-state index is 13.0. The van der Waals surface area contributed by atoms with Crippen molar-refractivity contribution in [3.8, 4) is 5.69 Å². The molecule has 0 bridgehead atoms. The second-order valence-electron chi connectivity index (χ2n) is 6.08. The summed E-state index contributed by atoms with van der Waals surface area (Å²) in [6, 6.07) is 5.57. The third-order valence-electron chi connectivity index (χ3n) is 3.99. The average Bonchev–Trinajstić information content (AvgIpc) is 3.16. The quantitative estimate of drug-likeness (QED) is 0.642. The van der Waals surface area contributed by atoms with E-state index in [0.29, 0.717) is 16.7 Å². The Labute approximate surface area is 164 Å². The van der Waals surface area contributed by atoms with E-state index in [1.807, 2.05) is 0 Å². The number of nitrogens with one attached hydrogen (secondary N) is 1. The van der Waals surface area contributed by atoms with Crippen LogP contribution in [-0.4, -0.2) is 20.3 Å². The van der Waals surface area contributed by atoms with Crippen LogP contribution in [0, 0.1) is 0 Å². The number of benzene rings is 1. The molecule has 12 heteroatoms. The van der Waals surface area contributed by atoms with Gasteiger partial charge in [0.1, 0.15) is 12.1 Å². The lowest BCUT2D eigenvalue weighted by Crippen LogP contribution is -2.32. The van der Waals surface area contributed by atoms with Crippen LogP contribution in [0.1, 0.15) is 11.1 Å². The predicted octanol–water partition coefficient (Wildman–Crippen LogP) is 3.71. The second-order valence-corrected chi connectivity index (χ2v) is 6.08. The van der Waals surface area contributed by atoms with Gasteiger partial charge in [0.15, 0.2) is 0 Å². The summed E-state index contributed by atoms with van der Waals surface area (Å²) in [6.45, 7) is -0.836. The van der Waals surface area contributed by atoms with Gasteiger partial charge in [0, 0.05) is 18.6 Å². The molecular weight excluding hydrogens is 418 g/mol. The summed E-state index contributed by atoms with van der Waals surface area (Å²) >= 11 is 0. The molecule has 30 heavy (non-hydrogen) atoms. The number of alkyl halides is 6. The third kappa shape index (κ3) is 4.53. The minimum Gasteiger partial charge on any atom is -0.323 e. The monoisotopic (exact) mass is 430 g/mol. The Morgan fingerprint density at radius 1 is 1.00 bits per heavy atom. The number of amides is 1. The molecule has 0 spiro atoms. The Balaban J connectivity index is 1.92. The zero-order valence-electron chi connectivity index (χ0n) is 14.8. The molecule has 158 valence electrons. The van der Waals surface area contributed by atoms with E-state index in [9.17, 15) is 35.9 Å². The number of rotatable bonds is 4. The topological polar surface area (TPSA) is 68.9 Å². The summed E-state index contributed by atoms with van der Waals surface area (Å²) in [5, 5.41) is 6.09. The SMILES string of the molecule is O=C(Cn1cccc(C(F)(F)F)c1=O)Nc1cc(C(F)(F)F)ccc1-n1cccn1. The maximum absolute atomic E-state index is 13.0. The number of hydrogen-bond donors (Lipinski definition) is 1. The zero-order chi connectivity index (χ0) is 22.1. The van der Waals surface area contributed by atoms with Gasteiger partial charge in [-0.05, 0) is 36.4 Å². The van der Waals surface area contributed by atoms with E-state index in [4.69, 9.17) is 0 Å². The van der Waals surface area contributed by atoms with E-state index in [1.165, 1.54) is 23.1 Å². The van der Waals surface area contributed by atoms with Gasteiger partial charge in [-0.25, -0.2) is 4.68 Å². The fourth-order valence-electron chi connectivity index (χ4n) is 2.65. The van der Waals surface area contributed by atoms with Crippen LogP contribution in [0.4, 0.5) is 32.0 Å². The molecule has 0 saturated heterocycles. The first-order valence-corrected chi connectivity index (χ1v) is 8.24. The molecular formula is C18H12F6N4O2. The van der Waals surface area contributed by atoms with Crippen molar-refractivity contribution in [2.24, 2.45) is 0 Å². The van der Waals surface area contributed by atoms with Crippen LogP contribution in [0.15, 0.2) is 59.8 Å². The van der Waals surface area contributed by atoms with E-state index >= 15 is 0 Å². The average molecular weight is 430 g/mol. The highest BCUT2D eigenvalue weighted by Crippen LogP contribution is 2.33. The number of carbonyl (C=O) groups is 1. The van der Waals surface area contributed by atoms with Gasteiger partial charge in [-0.15, -0.1) is 0 Å². The number of carbonyl (C=O) groups excluding carboxylic acids is 1. The van der Waals surface area contributed by atoms with E-state index in [1.54, 1.807) is 0 Å². The molecule has 2 aromatic heterocycles. The Morgan fingerprint density at radius 2 is 1.73 bits per heavy atom. The lowest BCUT2D eigenvalue weighted by atomic mass is 10.1. The molecule has 3 rings (SSSR count). The fourth-order valence-corrected chi connectivity index (χ4v) is 2.65. The number of halogens is 6. The Bertz CT molecular complexity index is 1120. The van der Waals surface area contributed by atoms with Crippen molar-refractivity contribution >= 4 is 11.6 Å². The lowest BCUT2D eigenvalue weighted by molar-refractivity contribution is -0.139. The van der Waals surface area contributed by atoms with Crippen LogP contribution in [-0.2, 0) is 23.7 Å². The summed E-state index contributed by atoms with van der Waals surface area (Å²) in [5.41, 5.74) is -4.15. The lowest BCUT2D eigenvalue weighted by Gasteiger charge is -2.15. The van der Waals surface area contributed by atoms with Gasteiger partial charge in [-0.2, -0.15) is 31.4 Å². The van der Waals surface area contributed by atoms with Gasteiger partial charge < -0.3 is 9.88 Å². The van der Waals surface area contributed by atoms with Crippen molar-refractivity contribution in [1.29, 1.82) is 0 Å². The van der Waals surface area contributed by atoms with Gasteiger partial charge in [0.05, 0.1) is 16.9 Å². The van der Waals surface area contributed by atoms with Crippen LogP contribution in [0.25, 0.3) is 5.69 Å². The number of anilines is 1. The first-order chi connectivity index (χ1) is 14.0. The standard InChI is InChI=1S/C18H12F6N4O2/c19-17(20,21)11-4-5-14(28-8-2-6-25-28)13(9-11)26-15(29)10-27-7-1-3-12(16(27)30)18(22,23)24/h1-9H,10H2,(H,26,29). The van der Waals surface area contributed by atoms with E-state index in [-0.39, 0.29) is 11.4 Å². The summed E-state index contributed by atoms with van der Waals surface area (Å²) in [7, 11) is 0. The Kier molecular flexibility index (Phi) is 5.42. The second kappa shape index (κ2) is 7.69. The molecule has 0 aliphatic rings. The van der Waals surface area contributed by atoms with Gasteiger partial charge >= 0.3 is 12.4 Å². The summed E-state index contributed by atoms with van der Waals surface area (Å²) < 4.78 is 79.4. The molecule has 6 nitrogen and oxygen atoms in total. The van der Waals surface area contributed by atoms with Crippen LogP contribution in [0.2, 0.25) is 0 Å². The molecule has 0 unspecified atom stereocenters. The summed E-state index contributed by atoms with van der Waals surface area (Å²) in [5.74, 6) is -0.996. The summed E-state index contributed by atoms with van der Waals surface area (Å²) in [6.07, 6.45) is -5.84. The van der Waals surface area contributed by atoms with E-state index < -0.39 is 41.5 Å². The van der Waals surface area contributed by atoms with Gasteiger partial charge in [-0.3, -0.25) is 9.59 Å². The van der Waals surface area contributed by atoms with Crippen molar-refractivity contribution in [2.75, 3.05) is 5.32 Å². The Morgan fingerprint density at radius 3 is 2.33 bits per heavy atom. The van der Waals surface area contributed by atoms with Crippen LogP contribution in [0.5, 0.6) is 0 Å². The van der Waals surface area contributed by atoms with Crippen molar-refractivity contribution in [3.05, 3.63) is 76.5 Å². The molecule has 1 aromatic carbocycles. The van der Waals surface area contributed by atoms with Crippen molar-refractivity contribution in [1.82, 2.24) is 14.3 Å². The minimum absolute atomic E-state index is 0.0951. The first kappa shape index (κ1) is 21.1. The predicted molar refractivity (Wildman–Crippen MR) is 92.9 cm³/mol. The Hall–Kier alpha value is -3.57. The normalized spacial score (nSPS) is 12.1. The molecule has 1 N–H and O–H groups in total. The number of aromatic nitrogens is 3. The largest absolute Gasteiger partial charge is 0.421 e. The highest BCUT2D eigenvalue weighted by molar-refractivity contribution is 5.92. The van der Waals surface area contributed by atoms with Gasteiger partial charge in [0.2, 0.25) is 5.91 Å². The highest BCUT2D eigenvalue weighted by Gasteiger charge is 2.34. The van der Waals surface area contributed by atoms with E-state index in [0.717, 1.165) is 24.4 Å². The molecule has 0 aliphatic heterocycles. The minimum atomic E-state index is -4.91.